The molecule has 1 rings (SSSR count). The van der Waals surface area contributed by atoms with Gasteiger partial charge in [0.2, 0.25) is 0 Å². The molecule has 0 aromatic heterocycles. The average molecular weight is 122 g/mol. The van der Waals surface area contributed by atoms with Gasteiger partial charge in [0.1, 0.15) is 0 Å². The Hall–Kier alpha value is 1.45. The van der Waals surface area contributed by atoms with Crippen LogP contribution in [0.5, 0.6) is 0 Å². The van der Waals surface area contributed by atoms with E-state index in [4.69, 9.17) is 0 Å². The minimum atomic E-state index is 0. The van der Waals surface area contributed by atoms with Crippen LogP contribution < -0.4 is 70.2 Å². The van der Waals surface area contributed by atoms with Gasteiger partial charge in [-0.15, -0.1) is 0 Å². The van der Waals surface area contributed by atoms with Crippen LogP contribution in [0.3, 0.4) is 0 Å². The normalized spacial score (nSPS) is 6.00. The summed E-state index contributed by atoms with van der Waals surface area (Å²) in [6.07, 6.45) is 0. The molecule has 0 saturated heterocycles. The van der Waals surface area contributed by atoms with E-state index in [9.17, 15) is 0 Å². The molecule has 8 heavy (non-hydrogen) atoms. The van der Waals surface area contributed by atoms with E-state index in [2.05, 4.69) is 12.1 Å². The van der Waals surface area contributed by atoms with Gasteiger partial charge in [-0.1, -0.05) is 0 Å². The van der Waals surface area contributed by atoms with Gasteiger partial charge in [-0.25, -0.2) is 0 Å². The van der Waals surface area contributed by atoms with Crippen molar-refractivity contribution >= 4 is 0 Å². The van der Waals surface area contributed by atoms with Gasteiger partial charge in [0, 0.05) is 0 Å². The van der Waals surface area contributed by atoms with Crippen LogP contribution in [0, 0.1) is 12.1 Å². The molecule has 0 radical (unpaired) electrons. The van der Waals surface area contributed by atoms with Crippen molar-refractivity contribution in [3.05, 3.63) is 36.4 Å². The summed E-state index contributed by atoms with van der Waals surface area (Å²) in [4.78, 5) is 0. The molecule has 0 amide bonds. The predicted molar refractivity (Wildman–Crippen MR) is 24.1 cm³/mol. The minimum Gasteiger partial charge on any atom is -0.359 e. The van der Waals surface area contributed by atoms with Gasteiger partial charge < -0.3 is 18.2 Å². The topological polar surface area (TPSA) is 0 Å². The van der Waals surface area contributed by atoms with Crippen LogP contribution in [-0.4, -0.2) is 0 Å². The molecule has 0 bridgehead atoms. The molecular weight excluding hydrogens is 118 g/mol. The van der Waals surface area contributed by atoms with Gasteiger partial charge in [-0.2, -0.15) is 0 Å². The third-order valence-electron chi connectivity index (χ3n) is 0.552. The number of benzene rings is 1. The summed E-state index contributed by atoms with van der Waals surface area (Å²) in [6.45, 7) is 0. The van der Waals surface area contributed by atoms with Crippen molar-refractivity contribution in [1.29, 1.82) is 0 Å². The summed E-state index contributed by atoms with van der Waals surface area (Å²) in [7, 11) is 0. The average Bonchev–Trinajstić information content (AvgIpc) is 1.72. The standard InChI is InChI=1S/C6H4.K.Li/c1-2-4-6-5-3-1;;/h1-3,6H;;/q-2;2*+1. The van der Waals surface area contributed by atoms with Crippen LogP contribution >= 0.6 is 0 Å². The first kappa shape index (κ1) is 12.2. The van der Waals surface area contributed by atoms with Gasteiger partial charge in [0.05, 0.1) is 0 Å². The number of rotatable bonds is 0. The first-order chi connectivity index (χ1) is 3.00. The van der Waals surface area contributed by atoms with Crippen LogP contribution in [0.4, 0.5) is 0 Å². The second-order valence-corrected chi connectivity index (χ2v) is 1.00. The van der Waals surface area contributed by atoms with Gasteiger partial charge in [-0.3, -0.25) is 18.2 Å². The molecule has 0 spiro atoms. The molecule has 0 aliphatic rings. The molecule has 0 heterocycles. The molecular formula is C6H4KLi. The van der Waals surface area contributed by atoms with Crippen LogP contribution in [0.1, 0.15) is 0 Å². The molecule has 30 valence electrons. The second-order valence-electron chi connectivity index (χ2n) is 1.00. The fourth-order valence-electron chi connectivity index (χ4n) is 0.304. The summed E-state index contributed by atoms with van der Waals surface area (Å²) in [6, 6.07) is 13.0. The molecule has 0 fully saturated rings. The van der Waals surface area contributed by atoms with Gasteiger partial charge >= 0.3 is 70.2 Å². The maximum atomic E-state index is 2.84. The summed E-state index contributed by atoms with van der Waals surface area (Å²) in [5.74, 6) is 0. The third-order valence-corrected chi connectivity index (χ3v) is 0.552. The van der Waals surface area contributed by atoms with Crippen molar-refractivity contribution in [3.63, 3.8) is 0 Å². The molecule has 1 aromatic carbocycles. The van der Waals surface area contributed by atoms with E-state index in [-0.39, 0.29) is 70.2 Å². The van der Waals surface area contributed by atoms with E-state index in [1.54, 1.807) is 6.07 Å². The number of hydrogen-bond acceptors (Lipinski definition) is 0. The molecule has 0 saturated carbocycles. The summed E-state index contributed by atoms with van der Waals surface area (Å²) in [5.41, 5.74) is 0. The van der Waals surface area contributed by atoms with E-state index in [1.807, 2.05) is 18.2 Å². The molecule has 0 atom stereocenters. The van der Waals surface area contributed by atoms with Gasteiger partial charge in [0.25, 0.3) is 0 Å². The van der Waals surface area contributed by atoms with Crippen LogP contribution in [0.2, 0.25) is 0 Å². The molecule has 0 aliphatic heterocycles. The van der Waals surface area contributed by atoms with E-state index in [1.165, 1.54) is 0 Å². The van der Waals surface area contributed by atoms with E-state index in [0.29, 0.717) is 0 Å². The first-order valence-corrected chi connectivity index (χ1v) is 1.82. The Morgan fingerprint density at radius 1 is 1.00 bits per heavy atom. The van der Waals surface area contributed by atoms with E-state index in [0.717, 1.165) is 0 Å². The minimum absolute atomic E-state index is 0. The van der Waals surface area contributed by atoms with E-state index >= 15 is 0 Å². The fourth-order valence-corrected chi connectivity index (χ4v) is 0.304. The Morgan fingerprint density at radius 3 is 1.62 bits per heavy atom. The SMILES string of the molecule is [K+].[Li+].[c-]1c[c-]ccc1. The van der Waals surface area contributed by atoms with Crippen molar-refractivity contribution in [2.24, 2.45) is 0 Å². The number of hydrogen-bond donors (Lipinski definition) is 0. The smallest absolute Gasteiger partial charge is 0.359 e. The zero-order valence-corrected chi connectivity index (χ0v) is 8.43. The van der Waals surface area contributed by atoms with Crippen molar-refractivity contribution in [2.75, 3.05) is 0 Å². The van der Waals surface area contributed by atoms with Crippen molar-refractivity contribution < 1.29 is 70.2 Å². The maximum absolute atomic E-state index is 2.84. The van der Waals surface area contributed by atoms with Crippen molar-refractivity contribution in [2.45, 2.75) is 0 Å². The van der Waals surface area contributed by atoms with Crippen LogP contribution in [0.15, 0.2) is 24.3 Å². The second kappa shape index (κ2) is 8.45. The first-order valence-electron chi connectivity index (χ1n) is 1.82. The summed E-state index contributed by atoms with van der Waals surface area (Å²) < 4.78 is 0. The van der Waals surface area contributed by atoms with Crippen molar-refractivity contribution in [3.8, 4) is 0 Å². The fraction of sp³-hybridized carbons (Fsp3) is 0. The van der Waals surface area contributed by atoms with Crippen LogP contribution in [-0.2, 0) is 0 Å². The Labute approximate surface area is 105 Å². The monoisotopic (exact) mass is 122 g/mol. The Balaban J connectivity index is 0. The van der Waals surface area contributed by atoms with E-state index < -0.39 is 0 Å². The molecule has 0 nitrogen and oxygen atoms in total. The van der Waals surface area contributed by atoms with Crippen molar-refractivity contribution in [1.82, 2.24) is 0 Å². The molecule has 0 aliphatic carbocycles. The zero-order valence-electron chi connectivity index (χ0n) is 5.31. The quantitative estimate of drug-likeness (QED) is 0.239. The summed E-state index contributed by atoms with van der Waals surface area (Å²) in [5, 5.41) is 0. The molecule has 0 unspecified atom stereocenters. The largest absolute Gasteiger partial charge is 1.00 e. The molecule has 1 aromatic rings. The summed E-state index contributed by atoms with van der Waals surface area (Å²) >= 11 is 0. The third kappa shape index (κ3) is 5.59. The zero-order chi connectivity index (χ0) is 4.24. The van der Waals surface area contributed by atoms with Crippen LogP contribution in [0.25, 0.3) is 0 Å². The Morgan fingerprint density at radius 2 is 1.50 bits per heavy atom. The molecule has 0 N–H and O–H groups in total. The molecule has 2 heteroatoms. The predicted octanol–water partition coefficient (Wildman–Crippen LogP) is -4.71. The maximum Gasteiger partial charge on any atom is 1.00 e. The van der Waals surface area contributed by atoms with Gasteiger partial charge in [-0.05, 0) is 0 Å². The van der Waals surface area contributed by atoms with Gasteiger partial charge in [0.15, 0.2) is 0 Å². The Bertz CT molecular complexity index is 80.5. The Kier molecular flexibility index (Phi) is 12.9.